The van der Waals surface area contributed by atoms with E-state index in [0.717, 1.165) is 14.2 Å². The number of hydrogen-bond acceptors (Lipinski definition) is 6. The molecule has 1 aromatic carbocycles. The molecule has 1 aromatic rings. The maximum Gasteiger partial charge on any atom is 0.326 e. The highest BCUT2D eigenvalue weighted by Crippen LogP contribution is 2.20. The van der Waals surface area contributed by atoms with Gasteiger partial charge in [-0.2, -0.15) is 0 Å². The summed E-state index contributed by atoms with van der Waals surface area (Å²) in [5, 5.41) is 11.4. The summed E-state index contributed by atoms with van der Waals surface area (Å²) in [6.45, 7) is 1.21. The smallest absolute Gasteiger partial charge is 0.326 e. The average molecular weight is 373 g/mol. The number of carboxylic acid groups (broad SMARTS) is 1. The Balaban J connectivity index is 3.13. The maximum atomic E-state index is 13.2. The van der Waals surface area contributed by atoms with Gasteiger partial charge < -0.3 is 19.9 Å². The van der Waals surface area contributed by atoms with Gasteiger partial charge in [0, 0.05) is 17.5 Å². The molecule has 10 heteroatoms. The molecule has 0 aliphatic heterocycles. The molecule has 0 aliphatic rings. The van der Waals surface area contributed by atoms with Crippen molar-refractivity contribution in [3.05, 3.63) is 35.4 Å². The fraction of sp³-hybridized carbons (Fsp3) is 0.375. The number of carbonyl (C=O) groups is 4. The third-order valence-corrected chi connectivity index (χ3v) is 3.64. The van der Waals surface area contributed by atoms with Crippen LogP contribution < -0.4 is 5.32 Å². The zero-order valence-electron chi connectivity index (χ0n) is 14.1. The molecule has 0 spiro atoms. The van der Waals surface area contributed by atoms with Crippen molar-refractivity contribution in [2.24, 2.45) is 11.8 Å². The van der Waals surface area contributed by atoms with Crippen molar-refractivity contribution in [2.45, 2.75) is 13.0 Å². The molecule has 2 N–H and O–H groups in total. The highest BCUT2D eigenvalue weighted by atomic mass is 19.1. The van der Waals surface area contributed by atoms with Crippen molar-refractivity contribution in [3.8, 4) is 0 Å². The fourth-order valence-electron chi connectivity index (χ4n) is 2.30. The first-order chi connectivity index (χ1) is 12.1. The second kappa shape index (κ2) is 8.88. The van der Waals surface area contributed by atoms with Crippen LogP contribution in [0.4, 0.5) is 8.78 Å². The first-order valence-electron chi connectivity index (χ1n) is 7.27. The fourth-order valence-corrected chi connectivity index (χ4v) is 2.30. The molecule has 0 fully saturated rings. The lowest BCUT2D eigenvalue weighted by molar-refractivity contribution is -0.162. The molecular formula is C16H17F2NO7. The molecule has 1 amide bonds. The summed E-state index contributed by atoms with van der Waals surface area (Å²) in [4.78, 5) is 47.2. The highest BCUT2D eigenvalue weighted by Gasteiger charge is 2.42. The summed E-state index contributed by atoms with van der Waals surface area (Å²) in [7, 11) is 1.99. The van der Waals surface area contributed by atoms with Crippen molar-refractivity contribution < 1.29 is 42.5 Å². The Labute approximate surface area is 147 Å². The average Bonchev–Trinajstić information content (AvgIpc) is 2.57. The van der Waals surface area contributed by atoms with Crippen molar-refractivity contribution in [3.63, 3.8) is 0 Å². The minimum Gasteiger partial charge on any atom is -0.480 e. The van der Waals surface area contributed by atoms with Crippen LogP contribution in [0.3, 0.4) is 0 Å². The molecule has 0 aliphatic carbocycles. The topological polar surface area (TPSA) is 119 Å². The Bertz CT molecular complexity index is 686. The van der Waals surface area contributed by atoms with Gasteiger partial charge in [-0.05, 0) is 12.1 Å². The van der Waals surface area contributed by atoms with Crippen LogP contribution in [0.25, 0.3) is 0 Å². The van der Waals surface area contributed by atoms with Crippen molar-refractivity contribution in [1.29, 1.82) is 0 Å². The second-order valence-electron chi connectivity index (χ2n) is 5.33. The number of benzene rings is 1. The molecule has 0 unspecified atom stereocenters. The third-order valence-electron chi connectivity index (χ3n) is 3.64. The van der Waals surface area contributed by atoms with E-state index < -0.39 is 58.9 Å². The number of aliphatic carboxylic acids is 1. The van der Waals surface area contributed by atoms with Crippen LogP contribution in [0.5, 0.6) is 0 Å². The van der Waals surface area contributed by atoms with Crippen molar-refractivity contribution in [2.75, 3.05) is 14.2 Å². The monoisotopic (exact) mass is 373 g/mol. The molecule has 2 atom stereocenters. The highest BCUT2D eigenvalue weighted by molar-refractivity contribution is 5.98. The summed E-state index contributed by atoms with van der Waals surface area (Å²) in [5.74, 6) is -9.75. The predicted molar refractivity (Wildman–Crippen MR) is 81.9 cm³/mol. The normalized spacial score (nSPS) is 12.8. The summed E-state index contributed by atoms with van der Waals surface area (Å²) < 4.78 is 35.4. The van der Waals surface area contributed by atoms with Gasteiger partial charge in [0.2, 0.25) is 0 Å². The largest absolute Gasteiger partial charge is 0.480 e. The summed E-state index contributed by atoms with van der Waals surface area (Å²) in [6, 6.07) is 0.218. The van der Waals surface area contributed by atoms with Gasteiger partial charge in [0.1, 0.15) is 17.7 Å². The Morgan fingerprint density at radius 2 is 1.46 bits per heavy atom. The number of ether oxygens (including phenoxy) is 2. The van der Waals surface area contributed by atoms with Gasteiger partial charge in [0.15, 0.2) is 5.92 Å². The number of carbonyl (C=O) groups excluding carboxylic acids is 3. The lowest BCUT2D eigenvalue weighted by Gasteiger charge is -2.26. The van der Waals surface area contributed by atoms with E-state index in [0.29, 0.717) is 18.2 Å². The van der Waals surface area contributed by atoms with Gasteiger partial charge in [-0.15, -0.1) is 0 Å². The molecule has 0 bridgehead atoms. The molecular weight excluding hydrogens is 356 g/mol. The van der Waals surface area contributed by atoms with E-state index in [-0.39, 0.29) is 0 Å². The van der Waals surface area contributed by atoms with Gasteiger partial charge in [-0.25, -0.2) is 13.6 Å². The number of hydrogen-bond donors (Lipinski definition) is 2. The molecule has 0 saturated carbocycles. The number of carboxylic acids is 1. The first-order valence-corrected chi connectivity index (χ1v) is 7.27. The Kier molecular flexibility index (Phi) is 7.17. The quantitative estimate of drug-likeness (QED) is 0.535. The minimum absolute atomic E-state index is 0.464. The lowest BCUT2D eigenvalue weighted by atomic mass is 9.87. The van der Waals surface area contributed by atoms with Crippen LogP contribution in [0.1, 0.15) is 17.3 Å². The van der Waals surface area contributed by atoms with Crippen LogP contribution in [0, 0.1) is 23.5 Å². The van der Waals surface area contributed by atoms with E-state index in [1.54, 1.807) is 0 Å². The number of esters is 2. The second-order valence-corrected chi connectivity index (χ2v) is 5.33. The van der Waals surface area contributed by atoms with E-state index in [2.05, 4.69) is 9.47 Å². The van der Waals surface area contributed by atoms with Crippen LogP contribution in [-0.2, 0) is 23.9 Å². The number of nitrogens with one attached hydrogen (secondary N) is 1. The van der Waals surface area contributed by atoms with E-state index in [4.69, 9.17) is 0 Å². The number of halogens is 2. The zero-order valence-corrected chi connectivity index (χ0v) is 14.1. The summed E-state index contributed by atoms with van der Waals surface area (Å²) in [6.07, 6.45) is 0. The van der Waals surface area contributed by atoms with Gasteiger partial charge in [0.05, 0.1) is 14.2 Å². The first kappa shape index (κ1) is 21.0. The van der Waals surface area contributed by atoms with Crippen molar-refractivity contribution in [1.82, 2.24) is 5.32 Å². The SMILES string of the molecule is COC(=O)C(C(=O)OC)[C@@H](C)[C@H](NC(=O)c1cc(F)cc(F)c1)C(=O)O. The molecule has 0 aromatic heterocycles. The Hall–Kier alpha value is -3.04. The molecule has 26 heavy (non-hydrogen) atoms. The Morgan fingerprint density at radius 3 is 1.85 bits per heavy atom. The van der Waals surface area contributed by atoms with Crippen LogP contribution in [0.2, 0.25) is 0 Å². The molecule has 0 heterocycles. The van der Waals surface area contributed by atoms with Crippen LogP contribution in [-0.4, -0.2) is 49.2 Å². The number of amides is 1. The summed E-state index contributed by atoms with van der Waals surface area (Å²) >= 11 is 0. The molecule has 8 nitrogen and oxygen atoms in total. The number of rotatable bonds is 7. The zero-order chi connectivity index (χ0) is 20.0. The van der Waals surface area contributed by atoms with E-state index >= 15 is 0 Å². The molecule has 1 rings (SSSR count). The van der Waals surface area contributed by atoms with E-state index in [9.17, 15) is 33.1 Å². The van der Waals surface area contributed by atoms with Gasteiger partial charge >= 0.3 is 17.9 Å². The lowest BCUT2D eigenvalue weighted by Crippen LogP contribution is -2.50. The summed E-state index contributed by atoms with van der Waals surface area (Å²) in [5.41, 5.74) is -0.464. The molecule has 142 valence electrons. The van der Waals surface area contributed by atoms with E-state index in [1.807, 2.05) is 5.32 Å². The van der Waals surface area contributed by atoms with Gasteiger partial charge in [-0.1, -0.05) is 6.92 Å². The standard InChI is InChI=1S/C16H17F2NO7/c1-7(11(15(23)25-2)16(24)26-3)12(14(21)22)19-13(20)8-4-9(17)6-10(18)5-8/h4-7,11-12H,1-3H3,(H,19,20)(H,21,22)/t7-,12+/m1/s1. The maximum absolute atomic E-state index is 13.2. The molecule has 0 saturated heterocycles. The van der Waals surface area contributed by atoms with Gasteiger partial charge in [-0.3, -0.25) is 14.4 Å². The minimum atomic E-state index is -1.74. The van der Waals surface area contributed by atoms with Gasteiger partial charge in [0.25, 0.3) is 5.91 Å². The Morgan fingerprint density at radius 1 is 1.00 bits per heavy atom. The number of methoxy groups -OCH3 is 2. The molecule has 0 radical (unpaired) electrons. The van der Waals surface area contributed by atoms with Crippen LogP contribution >= 0.6 is 0 Å². The van der Waals surface area contributed by atoms with E-state index in [1.165, 1.54) is 6.92 Å². The predicted octanol–water partition coefficient (Wildman–Crippen LogP) is 0.746. The van der Waals surface area contributed by atoms with Crippen molar-refractivity contribution >= 4 is 23.8 Å². The third kappa shape index (κ3) is 4.98. The van der Waals surface area contributed by atoms with Crippen LogP contribution in [0.15, 0.2) is 18.2 Å².